The van der Waals surface area contributed by atoms with Crippen LogP contribution in [0.15, 0.2) is 24.3 Å². The van der Waals surface area contributed by atoms with Crippen molar-refractivity contribution in [1.29, 1.82) is 0 Å². The van der Waals surface area contributed by atoms with E-state index in [2.05, 4.69) is 58.9 Å². The van der Waals surface area contributed by atoms with Gasteiger partial charge in [-0.25, -0.2) is 9.13 Å². The number of rotatable bonds is 77. The van der Waals surface area contributed by atoms with Gasteiger partial charge in [0.25, 0.3) is 0 Å². The third-order valence-corrected chi connectivity index (χ3v) is 20.2. The Morgan fingerprint density at radius 1 is 0.327 bits per heavy atom. The minimum atomic E-state index is -4.97. The van der Waals surface area contributed by atoms with Gasteiger partial charge in [-0.2, -0.15) is 0 Å². The number of hydrogen-bond acceptors (Lipinski definition) is 15. The van der Waals surface area contributed by atoms with Crippen molar-refractivity contribution in [1.82, 2.24) is 0 Å². The highest BCUT2D eigenvalue weighted by molar-refractivity contribution is 7.47. The van der Waals surface area contributed by atoms with Gasteiger partial charge in [0.05, 0.1) is 26.4 Å². The van der Waals surface area contributed by atoms with Gasteiger partial charge < -0.3 is 33.8 Å². The quantitative estimate of drug-likeness (QED) is 0.0169. The third kappa shape index (κ3) is 70.6. The molecule has 0 fully saturated rings. The zero-order valence-electron chi connectivity index (χ0n) is 63.4. The van der Waals surface area contributed by atoms with Crippen LogP contribution in [0.4, 0.5) is 0 Å². The molecule has 0 aliphatic rings. The lowest BCUT2D eigenvalue weighted by molar-refractivity contribution is -0.161. The minimum Gasteiger partial charge on any atom is -0.462 e. The van der Waals surface area contributed by atoms with Crippen LogP contribution in [0.25, 0.3) is 0 Å². The Morgan fingerprint density at radius 2 is 0.571 bits per heavy atom. The predicted octanol–water partition coefficient (Wildman–Crippen LogP) is 23.2. The van der Waals surface area contributed by atoms with Crippen molar-refractivity contribution in [3.05, 3.63) is 24.3 Å². The molecule has 17 nitrogen and oxygen atoms in total. The summed E-state index contributed by atoms with van der Waals surface area (Å²) in [7, 11) is -9.92. The number of carbonyl (C=O) groups is 4. The second kappa shape index (κ2) is 71.5. The van der Waals surface area contributed by atoms with Gasteiger partial charge in [0, 0.05) is 25.7 Å². The van der Waals surface area contributed by atoms with Gasteiger partial charge in [-0.15, -0.1) is 0 Å². The number of hydrogen-bond donors (Lipinski definition) is 3. The number of aliphatic hydroxyl groups is 1. The lowest BCUT2D eigenvalue weighted by Crippen LogP contribution is -2.30. The Balaban J connectivity index is 5.22. The maximum Gasteiger partial charge on any atom is 0.472 e. The third-order valence-electron chi connectivity index (χ3n) is 18.3. The SMILES string of the molecule is CCCCCC/C=C\C=C/CCCCCCCC(=O)OC[C@H](COP(=O)(O)OC[C@@H](O)COP(=O)(O)OC[C@@H](COC(=O)CCCCCCCCCCC)OC(=O)CCCCCCCCCCCCCC)OC(=O)CCCCCCCCCCCCCCCCCCCCC(C)CC. The predicted molar refractivity (Wildman–Crippen MR) is 400 cm³/mol. The molecular weight excluding hydrogens is 1280 g/mol. The van der Waals surface area contributed by atoms with E-state index in [0.29, 0.717) is 25.7 Å². The number of aliphatic hydroxyl groups excluding tert-OH is 1. The summed E-state index contributed by atoms with van der Waals surface area (Å²) >= 11 is 0. The number of carbonyl (C=O) groups excluding carboxylic acids is 4. The fraction of sp³-hybridized carbons (Fsp3) is 0.899. The van der Waals surface area contributed by atoms with Crippen LogP contribution < -0.4 is 0 Å². The van der Waals surface area contributed by atoms with E-state index in [1.807, 2.05) is 0 Å². The normalized spacial score (nSPS) is 14.3. The lowest BCUT2D eigenvalue weighted by Gasteiger charge is -2.21. The molecule has 0 saturated heterocycles. The molecule has 0 saturated carbocycles. The molecule has 0 aromatic carbocycles. The van der Waals surface area contributed by atoms with Crippen molar-refractivity contribution in [2.75, 3.05) is 39.6 Å². The Bertz CT molecular complexity index is 1970. The largest absolute Gasteiger partial charge is 0.472 e. The molecule has 0 amide bonds. The smallest absolute Gasteiger partial charge is 0.462 e. The van der Waals surface area contributed by atoms with Gasteiger partial charge in [0.15, 0.2) is 12.2 Å². The highest BCUT2D eigenvalue weighted by atomic mass is 31.2. The van der Waals surface area contributed by atoms with E-state index < -0.39 is 97.5 Å². The lowest BCUT2D eigenvalue weighted by atomic mass is 9.99. The van der Waals surface area contributed by atoms with Crippen molar-refractivity contribution >= 4 is 39.5 Å². The molecule has 0 radical (unpaired) electrons. The zero-order chi connectivity index (χ0) is 71.9. The first-order chi connectivity index (χ1) is 47.6. The van der Waals surface area contributed by atoms with Crippen LogP contribution in [-0.4, -0.2) is 96.7 Å². The molecule has 19 heteroatoms. The second-order valence-corrected chi connectivity index (χ2v) is 30.9. The molecule has 0 spiro atoms. The summed E-state index contributed by atoms with van der Waals surface area (Å²) in [5.74, 6) is -1.27. The van der Waals surface area contributed by atoms with Crippen molar-refractivity contribution in [2.45, 2.75) is 412 Å². The Kier molecular flexibility index (Phi) is 69.7. The van der Waals surface area contributed by atoms with Crippen LogP contribution in [0.1, 0.15) is 394 Å². The monoisotopic (exact) mass is 1430 g/mol. The molecule has 0 aliphatic heterocycles. The van der Waals surface area contributed by atoms with E-state index in [0.717, 1.165) is 115 Å². The number of esters is 4. The number of ether oxygens (including phenoxy) is 4. The highest BCUT2D eigenvalue weighted by Gasteiger charge is 2.30. The van der Waals surface area contributed by atoms with E-state index >= 15 is 0 Å². The van der Waals surface area contributed by atoms with Crippen molar-refractivity contribution < 1.29 is 80.2 Å². The molecule has 0 aromatic rings. The summed E-state index contributed by atoms with van der Waals surface area (Å²) in [5, 5.41) is 10.6. The number of phosphoric ester groups is 2. The first kappa shape index (κ1) is 95.5. The first-order valence-corrected chi connectivity index (χ1v) is 43.5. The van der Waals surface area contributed by atoms with Gasteiger partial charge in [0.2, 0.25) is 0 Å². The second-order valence-electron chi connectivity index (χ2n) is 28.0. The molecule has 0 bridgehead atoms. The molecule has 6 atom stereocenters. The summed E-state index contributed by atoms with van der Waals surface area (Å²) < 4.78 is 68.5. The molecule has 3 N–H and O–H groups in total. The van der Waals surface area contributed by atoms with E-state index in [-0.39, 0.29) is 25.7 Å². The van der Waals surface area contributed by atoms with E-state index in [9.17, 15) is 43.2 Å². The van der Waals surface area contributed by atoms with Crippen LogP contribution in [0, 0.1) is 5.92 Å². The van der Waals surface area contributed by atoms with Gasteiger partial charge >= 0.3 is 39.5 Å². The van der Waals surface area contributed by atoms with E-state index in [1.54, 1.807) is 0 Å². The minimum absolute atomic E-state index is 0.102. The van der Waals surface area contributed by atoms with Crippen LogP contribution in [0.5, 0.6) is 0 Å². The summed E-state index contributed by atoms with van der Waals surface area (Å²) in [6.45, 7) is 7.29. The van der Waals surface area contributed by atoms with Gasteiger partial charge in [0.1, 0.15) is 19.3 Å². The molecule has 0 rings (SSSR count). The van der Waals surface area contributed by atoms with E-state index in [4.69, 9.17) is 37.0 Å². The van der Waals surface area contributed by atoms with Gasteiger partial charge in [-0.3, -0.25) is 37.3 Å². The summed E-state index contributed by atoms with van der Waals surface area (Å²) in [6.07, 6.45) is 64.6. The van der Waals surface area contributed by atoms with Crippen LogP contribution in [0.2, 0.25) is 0 Å². The highest BCUT2D eigenvalue weighted by Crippen LogP contribution is 2.45. The Labute approximate surface area is 599 Å². The van der Waals surface area contributed by atoms with Crippen LogP contribution in [-0.2, 0) is 65.4 Å². The number of unbranched alkanes of at least 4 members (excludes halogenated alkanes) is 45. The summed E-state index contributed by atoms with van der Waals surface area (Å²) in [6, 6.07) is 0. The number of allylic oxidation sites excluding steroid dienone is 4. The van der Waals surface area contributed by atoms with Gasteiger partial charge in [-0.1, -0.05) is 341 Å². The van der Waals surface area contributed by atoms with Gasteiger partial charge in [-0.05, 0) is 57.3 Å². The van der Waals surface area contributed by atoms with Crippen molar-refractivity contribution in [3.63, 3.8) is 0 Å². The molecule has 578 valence electrons. The molecule has 3 unspecified atom stereocenters. The molecule has 0 aromatic heterocycles. The maximum absolute atomic E-state index is 13.1. The maximum atomic E-state index is 13.1. The zero-order valence-corrected chi connectivity index (χ0v) is 65.2. The average Bonchev–Trinajstić information content (AvgIpc) is 0.977. The molecule has 0 heterocycles. The average molecular weight is 1430 g/mol. The van der Waals surface area contributed by atoms with Crippen LogP contribution in [0.3, 0.4) is 0 Å². The molecule has 98 heavy (non-hydrogen) atoms. The first-order valence-electron chi connectivity index (χ1n) is 40.5. The fourth-order valence-electron chi connectivity index (χ4n) is 11.7. The van der Waals surface area contributed by atoms with Crippen LogP contribution >= 0.6 is 15.6 Å². The van der Waals surface area contributed by atoms with Crippen molar-refractivity contribution in [2.24, 2.45) is 5.92 Å². The van der Waals surface area contributed by atoms with Crippen molar-refractivity contribution in [3.8, 4) is 0 Å². The topological polar surface area (TPSA) is 237 Å². The van der Waals surface area contributed by atoms with E-state index in [1.165, 1.54) is 199 Å². The number of phosphoric acid groups is 2. The summed E-state index contributed by atoms with van der Waals surface area (Å²) in [5.41, 5.74) is 0. The summed E-state index contributed by atoms with van der Waals surface area (Å²) in [4.78, 5) is 72.8. The fourth-order valence-corrected chi connectivity index (χ4v) is 13.2. The Morgan fingerprint density at radius 3 is 0.867 bits per heavy atom. The molecular formula is C79H150O17P2. The standard InChI is InChI=1S/C79H150O17P2/c1-6-10-13-16-19-22-24-26-31-35-39-43-48-53-58-63-77(82)90-69-75(96-79(84)65-60-55-50-45-40-36-33-30-28-27-29-32-34-37-42-46-51-56-61-72(5)9-4)71-94-98(87,88)92-67-73(80)66-91-97(85,86)93-70-74(68-89-76(81)62-57-52-47-41-21-18-15-12-8-3)95-78(83)64-59-54-49-44-38-25-23-20-17-14-11-7-2/h22,24,26,31,72-75,80H,6-21,23,25,27-30,32-71H2,1-5H3,(H,85,86)(H,87,88)/b24-22-,31-26-/t72?,73-,74+,75+/m0/s1. The molecule has 0 aliphatic carbocycles. The Hall–Kier alpha value is -2.46.